The molecule has 0 saturated heterocycles. The highest BCUT2D eigenvalue weighted by Gasteiger charge is 2.78. The van der Waals surface area contributed by atoms with E-state index in [4.69, 9.17) is 0 Å². The predicted octanol–water partition coefficient (Wildman–Crippen LogP) is 3.36. The zero-order valence-electron chi connectivity index (χ0n) is 16.1. The molecule has 0 aromatic heterocycles. The molecule has 1 rings (SSSR count). The molecule has 0 aromatic rings. The molecule has 132 valence electrons. The summed E-state index contributed by atoms with van der Waals surface area (Å²) in [6, 6.07) is 0. The zero-order chi connectivity index (χ0) is 19.2. The maximum Gasteiger partial charge on any atom is 0.235 e. The number of carbonyl (C=O) groups excluding carboxylic acids is 3. The van der Waals surface area contributed by atoms with E-state index in [1.807, 2.05) is 62.3 Å². The summed E-state index contributed by atoms with van der Waals surface area (Å²) in [6.07, 6.45) is 5.01. The van der Waals surface area contributed by atoms with Crippen molar-refractivity contribution in [2.24, 2.45) is 31.2 Å². The van der Waals surface area contributed by atoms with E-state index >= 15 is 0 Å². The van der Waals surface area contributed by atoms with E-state index in [0.717, 1.165) is 0 Å². The first kappa shape index (κ1) is 20.2. The van der Waals surface area contributed by atoms with Crippen molar-refractivity contribution >= 4 is 18.2 Å². The van der Waals surface area contributed by atoms with Gasteiger partial charge < -0.3 is 0 Å². The molecule has 0 unspecified atom stereocenters. The molecule has 0 N–H and O–H groups in total. The number of aliphatic imine (C=N–C) groups is 3. The van der Waals surface area contributed by atoms with Crippen LogP contribution < -0.4 is 0 Å². The number of isocyanates is 3. The van der Waals surface area contributed by atoms with Crippen LogP contribution in [0.3, 0.4) is 0 Å². The molecule has 0 aromatic carbocycles. The SMILES string of the molecule is CC1(C)C(C)(N=C=O)C(C)(C)C(C)(N=C=O)C(C)(C)C1(C)N=C=O. The Morgan fingerprint density at radius 1 is 0.458 bits per heavy atom. The summed E-state index contributed by atoms with van der Waals surface area (Å²) in [5.41, 5.74) is -5.20. The molecule has 1 fully saturated rings. The molecule has 1 aliphatic carbocycles. The van der Waals surface area contributed by atoms with Crippen molar-refractivity contribution in [3.05, 3.63) is 0 Å². The first-order valence-corrected chi connectivity index (χ1v) is 7.95. The maximum absolute atomic E-state index is 11.2. The van der Waals surface area contributed by atoms with Crippen molar-refractivity contribution in [2.75, 3.05) is 0 Å². The molecular weight excluding hydrogens is 306 g/mol. The van der Waals surface area contributed by atoms with Gasteiger partial charge in [-0.1, -0.05) is 41.5 Å². The fraction of sp³-hybridized carbons (Fsp3) is 0.833. The Morgan fingerprint density at radius 3 is 0.750 bits per heavy atom. The van der Waals surface area contributed by atoms with Gasteiger partial charge in [-0.05, 0) is 20.8 Å². The molecule has 0 atom stereocenters. The van der Waals surface area contributed by atoms with Crippen LogP contribution in [0, 0.1) is 16.2 Å². The first-order chi connectivity index (χ1) is 10.7. The van der Waals surface area contributed by atoms with Gasteiger partial charge in [-0.2, -0.15) is 15.0 Å². The molecule has 24 heavy (non-hydrogen) atoms. The van der Waals surface area contributed by atoms with Gasteiger partial charge in [-0.25, -0.2) is 14.4 Å². The Bertz CT molecular complexity index is 573. The van der Waals surface area contributed by atoms with Gasteiger partial charge in [0, 0.05) is 16.2 Å². The van der Waals surface area contributed by atoms with Crippen molar-refractivity contribution in [3.8, 4) is 0 Å². The Kier molecular flexibility index (Phi) is 4.48. The second kappa shape index (κ2) is 5.32. The monoisotopic (exact) mass is 333 g/mol. The van der Waals surface area contributed by atoms with Gasteiger partial charge in [0.2, 0.25) is 18.2 Å². The molecule has 0 amide bonds. The minimum Gasteiger partial charge on any atom is -0.211 e. The molecular formula is C18H27N3O3. The highest BCUT2D eigenvalue weighted by atomic mass is 16.1. The summed E-state index contributed by atoms with van der Waals surface area (Å²) >= 11 is 0. The van der Waals surface area contributed by atoms with Gasteiger partial charge in [0.1, 0.15) is 0 Å². The molecule has 0 aliphatic heterocycles. The van der Waals surface area contributed by atoms with Crippen molar-refractivity contribution in [1.29, 1.82) is 0 Å². The van der Waals surface area contributed by atoms with E-state index in [0.29, 0.717) is 0 Å². The number of rotatable bonds is 3. The first-order valence-electron chi connectivity index (χ1n) is 7.95. The van der Waals surface area contributed by atoms with Gasteiger partial charge in [0.15, 0.2) is 0 Å². The van der Waals surface area contributed by atoms with Gasteiger partial charge in [0.05, 0.1) is 16.6 Å². The Hall–Kier alpha value is -1.86. The number of nitrogens with zero attached hydrogens (tertiary/aromatic N) is 3. The van der Waals surface area contributed by atoms with Crippen LogP contribution in [0.4, 0.5) is 0 Å². The predicted molar refractivity (Wildman–Crippen MR) is 90.9 cm³/mol. The molecule has 0 radical (unpaired) electrons. The lowest BCUT2D eigenvalue weighted by Gasteiger charge is -2.72. The van der Waals surface area contributed by atoms with Crippen LogP contribution in [0.5, 0.6) is 0 Å². The van der Waals surface area contributed by atoms with Crippen LogP contribution in [0.1, 0.15) is 62.3 Å². The minimum absolute atomic E-state index is 0.736. The Labute approximate surface area is 143 Å². The fourth-order valence-electron chi connectivity index (χ4n) is 4.88. The Balaban J connectivity index is 4.19. The third-order valence-corrected chi connectivity index (χ3v) is 8.11. The van der Waals surface area contributed by atoms with Crippen LogP contribution >= 0.6 is 0 Å². The number of hydrogen-bond donors (Lipinski definition) is 0. The second-order valence-electron chi connectivity index (χ2n) is 8.70. The highest BCUT2D eigenvalue weighted by molar-refractivity contribution is 5.46. The molecule has 1 aliphatic rings. The quantitative estimate of drug-likeness (QED) is 0.586. The van der Waals surface area contributed by atoms with Crippen LogP contribution in [0.2, 0.25) is 0 Å². The lowest BCUT2D eigenvalue weighted by atomic mass is 9.34. The van der Waals surface area contributed by atoms with Crippen LogP contribution in [-0.2, 0) is 14.4 Å². The summed E-state index contributed by atoms with van der Waals surface area (Å²) in [5.74, 6) is 0. The third-order valence-electron chi connectivity index (χ3n) is 8.11. The van der Waals surface area contributed by atoms with Crippen LogP contribution in [0.15, 0.2) is 15.0 Å². The molecule has 6 heteroatoms. The van der Waals surface area contributed by atoms with Crippen LogP contribution in [0.25, 0.3) is 0 Å². The van der Waals surface area contributed by atoms with Gasteiger partial charge in [-0.3, -0.25) is 0 Å². The molecule has 1 saturated carbocycles. The maximum atomic E-state index is 11.2. The lowest BCUT2D eigenvalue weighted by molar-refractivity contribution is -0.180. The third kappa shape index (κ3) is 1.79. The summed E-state index contributed by atoms with van der Waals surface area (Å²) in [4.78, 5) is 46.2. The zero-order valence-corrected chi connectivity index (χ0v) is 16.1. The summed E-state index contributed by atoms with van der Waals surface area (Å²) in [7, 11) is 0. The standard InChI is InChI=1S/C18H27N3O3/c1-13(2)16(7,19-10-22)14(3,4)18(9,21-12-24)15(5,6)17(13,8)20-11-23/h1-9H3. The topological polar surface area (TPSA) is 88.3 Å². The Morgan fingerprint density at radius 2 is 0.625 bits per heavy atom. The van der Waals surface area contributed by atoms with Gasteiger partial charge in [0.25, 0.3) is 0 Å². The van der Waals surface area contributed by atoms with Crippen LogP contribution in [-0.4, -0.2) is 34.9 Å². The van der Waals surface area contributed by atoms with E-state index in [2.05, 4.69) is 15.0 Å². The van der Waals surface area contributed by atoms with Gasteiger partial charge >= 0.3 is 0 Å². The molecule has 0 spiro atoms. The van der Waals surface area contributed by atoms with Crippen molar-refractivity contribution in [1.82, 2.24) is 0 Å². The average molecular weight is 333 g/mol. The van der Waals surface area contributed by atoms with Crippen molar-refractivity contribution < 1.29 is 14.4 Å². The van der Waals surface area contributed by atoms with E-state index < -0.39 is 32.9 Å². The van der Waals surface area contributed by atoms with Crippen molar-refractivity contribution in [3.63, 3.8) is 0 Å². The highest BCUT2D eigenvalue weighted by Crippen LogP contribution is 2.71. The molecule has 6 nitrogen and oxygen atoms in total. The summed E-state index contributed by atoms with van der Waals surface area (Å²) < 4.78 is 0. The smallest absolute Gasteiger partial charge is 0.211 e. The minimum atomic E-state index is -0.999. The van der Waals surface area contributed by atoms with E-state index in [1.54, 1.807) is 18.2 Å². The largest absolute Gasteiger partial charge is 0.235 e. The normalized spacial score (nSPS) is 38.9. The van der Waals surface area contributed by atoms with E-state index in [-0.39, 0.29) is 0 Å². The number of hydrogen-bond acceptors (Lipinski definition) is 6. The van der Waals surface area contributed by atoms with E-state index in [1.165, 1.54) is 0 Å². The summed E-state index contributed by atoms with van der Waals surface area (Å²) in [6.45, 7) is 17.0. The molecule has 0 heterocycles. The average Bonchev–Trinajstić information content (AvgIpc) is 2.45. The fourth-order valence-corrected chi connectivity index (χ4v) is 4.88. The second-order valence-corrected chi connectivity index (χ2v) is 8.70. The van der Waals surface area contributed by atoms with E-state index in [9.17, 15) is 14.4 Å². The molecule has 0 bridgehead atoms. The lowest BCUT2D eigenvalue weighted by Crippen LogP contribution is -2.79. The van der Waals surface area contributed by atoms with Gasteiger partial charge in [-0.15, -0.1) is 0 Å². The van der Waals surface area contributed by atoms with Crippen molar-refractivity contribution in [2.45, 2.75) is 78.9 Å². The summed E-state index contributed by atoms with van der Waals surface area (Å²) in [5, 5.41) is 0.